The van der Waals surface area contributed by atoms with Crippen molar-refractivity contribution in [2.45, 2.75) is 13.0 Å². The van der Waals surface area contributed by atoms with E-state index in [1.165, 1.54) is 30.3 Å². The van der Waals surface area contributed by atoms with Gasteiger partial charge in [-0.25, -0.2) is 9.18 Å². The Kier molecular flexibility index (Phi) is 6.01. The van der Waals surface area contributed by atoms with Crippen LogP contribution in [0.3, 0.4) is 0 Å². The van der Waals surface area contributed by atoms with Gasteiger partial charge in [0.15, 0.2) is 6.61 Å². The standard InChI is InChI=1S/C20H17FN2O5/c1-13-11-17(23-28-13)26-12-18(24)27-19(14-5-3-2-4-6-14)20(25)22-16-9-7-15(21)8-10-16/h2-11,19H,12H2,1H3,(H,22,25)/t19-/m0/s1. The summed E-state index contributed by atoms with van der Waals surface area (Å²) in [6.07, 6.45) is -1.21. The molecule has 3 rings (SSSR count). The molecule has 1 atom stereocenters. The molecule has 3 aromatic rings. The highest BCUT2D eigenvalue weighted by Gasteiger charge is 2.25. The maximum absolute atomic E-state index is 13.0. The first-order valence-corrected chi connectivity index (χ1v) is 8.38. The lowest BCUT2D eigenvalue weighted by atomic mass is 10.1. The molecule has 0 aliphatic heterocycles. The van der Waals surface area contributed by atoms with Crippen molar-refractivity contribution in [3.05, 3.63) is 77.8 Å². The third-order valence-electron chi connectivity index (χ3n) is 3.65. The van der Waals surface area contributed by atoms with Crippen LogP contribution in [0.4, 0.5) is 10.1 Å². The number of benzene rings is 2. The fraction of sp³-hybridized carbons (Fsp3) is 0.150. The van der Waals surface area contributed by atoms with Crippen LogP contribution in [0.2, 0.25) is 0 Å². The molecule has 0 aliphatic carbocycles. The number of carbonyl (C=O) groups excluding carboxylic acids is 2. The number of ether oxygens (including phenoxy) is 2. The molecule has 0 saturated carbocycles. The van der Waals surface area contributed by atoms with Gasteiger partial charge in [-0.1, -0.05) is 30.3 Å². The second kappa shape index (κ2) is 8.81. The number of halogens is 1. The van der Waals surface area contributed by atoms with E-state index in [-0.39, 0.29) is 5.88 Å². The van der Waals surface area contributed by atoms with E-state index in [0.717, 1.165) is 0 Å². The third kappa shape index (κ3) is 5.16. The summed E-state index contributed by atoms with van der Waals surface area (Å²) >= 11 is 0. The molecular weight excluding hydrogens is 367 g/mol. The van der Waals surface area contributed by atoms with Crippen molar-refractivity contribution < 1.29 is 28.0 Å². The van der Waals surface area contributed by atoms with E-state index in [2.05, 4.69) is 10.5 Å². The van der Waals surface area contributed by atoms with Gasteiger partial charge in [-0.15, -0.1) is 0 Å². The first kappa shape index (κ1) is 19.1. The average molecular weight is 384 g/mol. The second-order valence-corrected chi connectivity index (χ2v) is 5.84. The van der Waals surface area contributed by atoms with Crippen LogP contribution in [0.5, 0.6) is 5.88 Å². The summed E-state index contributed by atoms with van der Waals surface area (Å²) in [5.41, 5.74) is 0.852. The van der Waals surface area contributed by atoms with E-state index in [9.17, 15) is 14.0 Å². The van der Waals surface area contributed by atoms with Gasteiger partial charge in [0.25, 0.3) is 11.8 Å². The number of rotatable bonds is 7. The molecule has 1 aromatic heterocycles. The first-order chi connectivity index (χ1) is 13.5. The third-order valence-corrected chi connectivity index (χ3v) is 3.65. The monoisotopic (exact) mass is 384 g/mol. The van der Waals surface area contributed by atoms with Crippen LogP contribution in [0.1, 0.15) is 17.4 Å². The minimum Gasteiger partial charge on any atom is -0.463 e. The normalized spacial score (nSPS) is 11.5. The Morgan fingerprint density at radius 3 is 2.50 bits per heavy atom. The lowest BCUT2D eigenvalue weighted by Crippen LogP contribution is -2.28. The van der Waals surface area contributed by atoms with Gasteiger partial charge in [-0.3, -0.25) is 4.79 Å². The number of hydrogen-bond donors (Lipinski definition) is 1. The number of amides is 1. The molecule has 1 heterocycles. The summed E-state index contributed by atoms with van der Waals surface area (Å²) in [4.78, 5) is 24.8. The quantitative estimate of drug-likeness (QED) is 0.628. The van der Waals surface area contributed by atoms with Gasteiger partial charge in [-0.05, 0) is 36.3 Å². The molecule has 0 spiro atoms. The largest absolute Gasteiger partial charge is 0.463 e. The Labute approximate surface area is 160 Å². The molecule has 0 fully saturated rings. The minimum atomic E-state index is -1.21. The van der Waals surface area contributed by atoms with E-state index in [4.69, 9.17) is 14.0 Å². The van der Waals surface area contributed by atoms with E-state index in [0.29, 0.717) is 17.0 Å². The molecule has 7 nitrogen and oxygen atoms in total. The predicted octanol–water partition coefficient (Wildman–Crippen LogP) is 3.42. The molecule has 1 amide bonds. The van der Waals surface area contributed by atoms with E-state index in [1.807, 2.05) is 0 Å². The molecule has 0 bridgehead atoms. The summed E-state index contributed by atoms with van der Waals surface area (Å²) in [5.74, 6) is -1.10. The molecule has 0 aliphatic rings. The summed E-state index contributed by atoms with van der Waals surface area (Å²) < 4.78 is 28.4. The first-order valence-electron chi connectivity index (χ1n) is 8.38. The van der Waals surface area contributed by atoms with Gasteiger partial charge in [-0.2, -0.15) is 0 Å². The van der Waals surface area contributed by atoms with Gasteiger partial charge in [0.05, 0.1) is 0 Å². The number of nitrogens with one attached hydrogen (secondary N) is 1. The molecule has 2 aromatic carbocycles. The van der Waals surface area contributed by atoms with Crippen LogP contribution in [-0.2, 0) is 14.3 Å². The zero-order valence-corrected chi connectivity index (χ0v) is 14.9. The number of carbonyl (C=O) groups is 2. The predicted molar refractivity (Wildman–Crippen MR) is 97.0 cm³/mol. The van der Waals surface area contributed by atoms with Gasteiger partial charge < -0.3 is 19.3 Å². The Hall–Kier alpha value is -3.68. The maximum atomic E-state index is 13.0. The van der Waals surface area contributed by atoms with Crippen molar-refractivity contribution in [2.24, 2.45) is 0 Å². The zero-order valence-electron chi connectivity index (χ0n) is 14.9. The molecule has 28 heavy (non-hydrogen) atoms. The van der Waals surface area contributed by atoms with Crippen molar-refractivity contribution >= 4 is 17.6 Å². The summed E-state index contributed by atoms with van der Waals surface area (Å²) in [7, 11) is 0. The van der Waals surface area contributed by atoms with E-state index < -0.39 is 30.4 Å². The van der Waals surface area contributed by atoms with Crippen LogP contribution >= 0.6 is 0 Å². The highest BCUT2D eigenvalue weighted by Crippen LogP contribution is 2.21. The second-order valence-electron chi connectivity index (χ2n) is 5.84. The van der Waals surface area contributed by atoms with Crippen LogP contribution in [0.15, 0.2) is 65.2 Å². The van der Waals surface area contributed by atoms with Crippen molar-refractivity contribution in [1.29, 1.82) is 0 Å². The number of anilines is 1. The van der Waals surface area contributed by atoms with E-state index in [1.54, 1.807) is 37.3 Å². The molecular formula is C20H17FN2O5. The van der Waals surface area contributed by atoms with Gasteiger partial charge >= 0.3 is 5.97 Å². The highest BCUT2D eigenvalue weighted by atomic mass is 19.1. The van der Waals surface area contributed by atoms with Crippen molar-refractivity contribution in [1.82, 2.24) is 5.16 Å². The maximum Gasteiger partial charge on any atom is 0.345 e. The summed E-state index contributed by atoms with van der Waals surface area (Å²) in [6.45, 7) is 1.24. The number of hydrogen-bond acceptors (Lipinski definition) is 6. The van der Waals surface area contributed by atoms with Crippen molar-refractivity contribution in [3.8, 4) is 5.88 Å². The molecule has 0 saturated heterocycles. The lowest BCUT2D eigenvalue weighted by molar-refractivity contribution is -0.156. The highest BCUT2D eigenvalue weighted by molar-refractivity contribution is 5.96. The van der Waals surface area contributed by atoms with Crippen LogP contribution in [0, 0.1) is 12.7 Å². The number of esters is 1. The number of aromatic nitrogens is 1. The SMILES string of the molecule is Cc1cc(OCC(=O)O[C@H](C(=O)Nc2ccc(F)cc2)c2ccccc2)no1. The molecule has 0 radical (unpaired) electrons. The molecule has 144 valence electrons. The van der Waals surface area contributed by atoms with Crippen LogP contribution < -0.4 is 10.1 Å². The summed E-state index contributed by atoms with van der Waals surface area (Å²) in [5, 5.41) is 6.21. The van der Waals surface area contributed by atoms with Crippen LogP contribution in [-0.4, -0.2) is 23.6 Å². The Bertz CT molecular complexity index is 941. The van der Waals surface area contributed by atoms with Gasteiger partial charge in [0.2, 0.25) is 6.10 Å². The summed E-state index contributed by atoms with van der Waals surface area (Å²) in [6, 6.07) is 15.3. The van der Waals surface area contributed by atoms with Crippen molar-refractivity contribution in [2.75, 3.05) is 11.9 Å². The number of nitrogens with zero attached hydrogens (tertiary/aromatic N) is 1. The average Bonchev–Trinajstić information content (AvgIpc) is 3.12. The van der Waals surface area contributed by atoms with Crippen LogP contribution in [0.25, 0.3) is 0 Å². The topological polar surface area (TPSA) is 90.7 Å². The fourth-order valence-electron chi connectivity index (χ4n) is 2.35. The lowest BCUT2D eigenvalue weighted by Gasteiger charge is -2.18. The smallest absolute Gasteiger partial charge is 0.345 e. The van der Waals surface area contributed by atoms with E-state index >= 15 is 0 Å². The number of aryl methyl sites for hydroxylation is 1. The van der Waals surface area contributed by atoms with Gasteiger partial charge in [0.1, 0.15) is 11.6 Å². The minimum absolute atomic E-state index is 0.140. The molecule has 0 unspecified atom stereocenters. The van der Waals surface area contributed by atoms with Crippen molar-refractivity contribution in [3.63, 3.8) is 0 Å². The molecule has 8 heteroatoms. The Morgan fingerprint density at radius 1 is 1.14 bits per heavy atom. The fourth-order valence-corrected chi connectivity index (χ4v) is 2.35. The Morgan fingerprint density at radius 2 is 1.86 bits per heavy atom. The van der Waals surface area contributed by atoms with Gasteiger partial charge in [0, 0.05) is 17.3 Å². The Balaban J connectivity index is 1.68. The zero-order chi connectivity index (χ0) is 19.9. The molecule has 1 N–H and O–H groups in total.